The van der Waals surface area contributed by atoms with E-state index in [4.69, 9.17) is 0 Å². The van der Waals surface area contributed by atoms with Crippen LogP contribution in [0.5, 0.6) is 0 Å². The average molecular weight is 371 g/mol. The molecule has 5 nitrogen and oxygen atoms in total. The van der Waals surface area contributed by atoms with E-state index in [0.717, 1.165) is 5.69 Å². The molecule has 0 amide bonds. The maximum absolute atomic E-state index is 12.7. The number of para-hydroxylation sites is 1. The minimum atomic E-state index is -3.50. The molecule has 0 spiro atoms. The number of hydrogen-bond acceptors (Lipinski definition) is 5. The van der Waals surface area contributed by atoms with Crippen LogP contribution in [0.4, 0.5) is 0 Å². The van der Waals surface area contributed by atoms with Gasteiger partial charge in [-0.3, -0.25) is 4.57 Å². The van der Waals surface area contributed by atoms with Crippen LogP contribution in [0.15, 0.2) is 83.4 Å². The van der Waals surface area contributed by atoms with Crippen LogP contribution in [0.3, 0.4) is 0 Å². The molecule has 0 N–H and O–H groups in total. The van der Waals surface area contributed by atoms with E-state index in [1.807, 2.05) is 30.3 Å². The van der Waals surface area contributed by atoms with Crippen LogP contribution < -0.4 is 0 Å². The van der Waals surface area contributed by atoms with Gasteiger partial charge in [-0.15, -0.1) is 16.8 Å². The summed E-state index contributed by atoms with van der Waals surface area (Å²) in [5.74, 6) is 0.839. The zero-order valence-corrected chi connectivity index (χ0v) is 15.1. The Morgan fingerprint density at radius 1 is 1.00 bits per heavy atom. The van der Waals surface area contributed by atoms with Crippen molar-refractivity contribution in [3.05, 3.63) is 79.1 Å². The van der Waals surface area contributed by atoms with Gasteiger partial charge in [-0.05, 0) is 24.3 Å². The molecule has 0 saturated carbocycles. The smallest absolute Gasteiger partial charge is 0.196 e. The first-order valence-electron chi connectivity index (χ1n) is 7.63. The molecule has 3 aromatic rings. The van der Waals surface area contributed by atoms with E-state index < -0.39 is 9.84 Å². The fraction of sp³-hybridized carbons (Fsp3) is 0.111. The lowest BCUT2D eigenvalue weighted by Gasteiger charge is -2.10. The quantitative estimate of drug-likeness (QED) is 0.470. The second-order valence-corrected chi connectivity index (χ2v) is 8.22. The summed E-state index contributed by atoms with van der Waals surface area (Å²) in [5.41, 5.74) is 0.831. The number of aromatic nitrogens is 3. The first-order chi connectivity index (χ1) is 12.1. The third-order valence-electron chi connectivity index (χ3n) is 3.47. The Morgan fingerprint density at radius 2 is 1.64 bits per heavy atom. The Balaban J connectivity index is 2.02. The molecular weight excluding hydrogens is 354 g/mol. The Kier molecular flexibility index (Phi) is 5.35. The van der Waals surface area contributed by atoms with Gasteiger partial charge in [-0.25, -0.2) is 8.42 Å². The van der Waals surface area contributed by atoms with E-state index in [9.17, 15) is 8.42 Å². The number of rotatable bonds is 7. The normalized spacial score (nSPS) is 11.4. The predicted molar refractivity (Wildman–Crippen MR) is 99.6 cm³/mol. The monoisotopic (exact) mass is 371 g/mol. The Bertz CT molecular complexity index is 953. The molecule has 128 valence electrons. The van der Waals surface area contributed by atoms with Crippen LogP contribution in [0.25, 0.3) is 5.69 Å². The van der Waals surface area contributed by atoms with Crippen molar-refractivity contribution in [1.29, 1.82) is 0 Å². The highest BCUT2D eigenvalue weighted by molar-refractivity contribution is 7.99. The van der Waals surface area contributed by atoms with Gasteiger partial charge < -0.3 is 0 Å². The summed E-state index contributed by atoms with van der Waals surface area (Å²) in [6, 6.07) is 17.9. The summed E-state index contributed by atoms with van der Waals surface area (Å²) in [6.45, 7) is 3.71. The SMILES string of the molecule is C=CCSc1nnc(CS(=O)(=O)c2ccccc2)n1-c1ccccc1. The molecule has 0 aliphatic carbocycles. The van der Waals surface area contributed by atoms with Gasteiger partial charge in [0.05, 0.1) is 4.90 Å². The van der Waals surface area contributed by atoms with Gasteiger partial charge in [-0.1, -0.05) is 54.2 Å². The highest BCUT2D eigenvalue weighted by atomic mass is 32.2. The Hall–Kier alpha value is -2.38. The number of sulfone groups is 1. The van der Waals surface area contributed by atoms with Crippen LogP contribution in [0.2, 0.25) is 0 Å². The molecule has 0 fully saturated rings. The molecule has 1 heterocycles. The molecule has 3 rings (SSSR count). The third-order valence-corrected chi connectivity index (χ3v) is 6.02. The van der Waals surface area contributed by atoms with E-state index >= 15 is 0 Å². The van der Waals surface area contributed by atoms with Crippen molar-refractivity contribution in [3.63, 3.8) is 0 Å². The van der Waals surface area contributed by atoms with E-state index in [1.54, 1.807) is 41.0 Å². The summed E-state index contributed by atoms with van der Waals surface area (Å²) >= 11 is 1.46. The Morgan fingerprint density at radius 3 is 2.28 bits per heavy atom. The van der Waals surface area contributed by atoms with Gasteiger partial charge in [0.1, 0.15) is 5.75 Å². The van der Waals surface area contributed by atoms with E-state index in [2.05, 4.69) is 16.8 Å². The second kappa shape index (κ2) is 7.67. The van der Waals surface area contributed by atoms with Gasteiger partial charge in [0.15, 0.2) is 20.8 Å². The summed E-state index contributed by atoms with van der Waals surface area (Å²) in [7, 11) is -3.50. The lowest BCUT2D eigenvalue weighted by atomic mass is 10.3. The number of thioether (sulfide) groups is 1. The molecular formula is C18H17N3O2S2. The van der Waals surface area contributed by atoms with Crippen molar-refractivity contribution < 1.29 is 8.42 Å². The van der Waals surface area contributed by atoms with Gasteiger partial charge in [-0.2, -0.15) is 0 Å². The van der Waals surface area contributed by atoms with Crippen molar-refractivity contribution in [2.75, 3.05) is 5.75 Å². The van der Waals surface area contributed by atoms with Crippen molar-refractivity contribution >= 4 is 21.6 Å². The van der Waals surface area contributed by atoms with E-state index in [0.29, 0.717) is 16.7 Å². The fourth-order valence-electron chi connectivity index (χ4n) is 2.34. The number of hydrogen-bond donors (Lipinski definition) is 0. The molecule has 2 aromatic carbocycles. The molecule has 0 radical (unpaired) electrons. The molecule has 7 heteroatoms. The van der Waals surface area contributed by atoms with Crippen LogP contribution in [0.1, 0.15) is 5.82 Å². The summed E-state index contributed by atoms with van der Waals surface area (Å²) < 4.78 is 27.2. The lowest BCUT2D eigenvalue weighted by molar-refractivity contribution is 0.593. The minimum Gasteiger partial charge on any atom is -0.273 e. The van der Waals surface area contributed by atoms with Crippen molar-refractivity contribution in [3.8, 4) is 5.69 Å². The number of nitrogens with zero attached hydrogens (tertiary/aromatic N) is 3. The summed E-state index contributed by atoms with van der Waals surface area (Å²) in [6.07, 6.45) is 1.77. The molecule has 0 aliphatic heterocycles. The molecule has 25 heavy (non-hydrogen) atoms. The summed E-state index contributed by atoms with van der Waals surface area (Å²) in [5, 5.41) is 8.95. The lowest BCUT2D eigenvalue weighted by Crippen LogP contribution is -2.11. The van der Waals surface area contributed by atoms with Crippen LogP contribution in [-0.4, -0.2) is 28.9 Å². The fourth-order valence-corrected chi connectivity index (χ4v) is 4.31. The van der Waals surface area contributed by atoms with Crippen molar-refractivity contribution in [2.24, 2.45) is 0 Å². The maximum Gasteiger partial charge on any atom is 0.196 e. The van der Waals surface area contributed by atoms with Gasteiger partial charge in [0.2, 0.25) is 0 Å². The zero-order chi connectivity index (χ0) is 17.7. The maximum atomic E-state index is 12.7. The minimum absolute atomic E-state index is 0.215. The molecule has 0 unspecified atom stereocenters. The zero-order valence-electron chi connectivity index (χ0n) is 13.4. The topological polar surface area (TPSA) is 64.8 Å². The van der Waals surface area contributed by atoms with E-state index in [-0.39, 0.29) is 10.6 Å². The first-order valence-corrected chi connectivity index (χ1v) is 10.3. The molecule has 1 aromatic heterocycles. The van der Waals surface area contributed by atoms with Crippen LogP contribution >= 0.6 is 11.8 Å². The molecule has 0 bridgehead atoms. The average Bonchev–Trinajstić information content (AvgIpc) is 3.03. The van der Waals surface area contributed by atoms with Crippen molar-refractivity contribution in [1.82, 2.24) is 14.8 Å². The highest BCUT2D eigenvalue weighted by Crippen LogP contribution is 2.24. The second-order valence-electron chi connectivity index (χ2n) is 5.24. The van der Waals surface area contributed by atoms with Gasteiger partial charge in [0, 0.05) is 11.4 Å². The largest absolute Gasteiger partial charge is 0.273 e. The first kappa shape index (κ1) is 17.4. The highest BCUT2D eigenvalue weighted by Gasteiger charge is 2.22. The predicted octanol–water partition coefficient (Wildman–Crippen LogP) is 3.52. The van der Waals surface area contributed by atoms with Crippen molar-refractivity contribution in [2.45, 2.75) is 15.8 Å². The Labute approximate surface area is 151 Å². The van der Waals surface area contributed by atoms with Crippen LogP contribution in [-0.2, 0) is 15.6 Å². The van der Waals surface area contributed by atoms with Gasteiger partial charge in [0.25, 0.3) is 0 Å². The van der Waals surface area contributed by atoms with E-state index in [1.165, 1.54) is 11.8 Å². The third kappa shape index (κ3) is 4.00. The summed E-state index contributed by atoms with van der Waals surface area (Å²) in [4.78, 5) is 0.276. The molecule has 0 aliphatic rings. The molecule has 0 saturated heterocycles. The van der Waals surface area contributed by atoms with Gasteiger partial charge >= 0.3 is 0 Å². The standard InChI is InChI=1S/C18H17N3O2S2/c1-2-13-24-18-20-19-17(21(18)15-9-5-3-6-10-15)14-25(22,23)16-11-7-4-8-12-16/h2-12H,1,13-14H2. The number of benzene rings is 2. The van der Waals surface area contributed by atoms with Crippen LogP contribution in [0, 0.1) is 0 Å². The molecule has 0 atom stereocenters.